The topological polar surface area (TPSA) is 93.2 Å². The van der Waals surface area contributed by atoms with Gasteiger partial charge in [0, 0.05) is 31.4 Å². The van der Waals surface area contributed by atoms with E-state index < -0.39 is 11.7 Å². The highest BCUT2D eigenvalue weighted by atomic mass is 127. The maximum absolute atomic E-state index is 11.6. The first-order valence-corrected chi connectivity index (χ1v) is 9.62. The summed E-state index contributed by atoms with van der Waals surface area (Å²) >= 11 is 0. The second-order valence-corrected chi connectivity index (χ2v) is 6.97. The van der Waals surface area contributed by atoms with Crippen LogP contribution in [0.5, 0.6) is 11.5 Å². The minimum atomic E-state index is -0.497. The lowest BCUT2D eigenvalue weighted by molar-refractivity contribution is 0.0527. The first-order chi connectivity index (χ1) is 13.3. The van der Waals surface area contributed by atoms with Gasteiger partial charge in [0.1, 0.15) is 5.60 Å². The molecule has 1 aromatic rings. The molecule has 0 saturated carbocycles. The lowest BCUT2D eigenvalue weighted by Crippen LogP contribution is -2.33. The van der Waals surface area contributed by atoms with E-state index in [1.807, 2.05) is 52.8 Å². The van der Waals surface area contributed by atoms with Crippen molar-refractivity contribution in [2.75, 3.05) is 38.7 Å². The maximum atomic E-state index is 11.6. The number of benzene rings is 1. The number of nitrogens with zero attached hydrogens (tertiary/aromatic N) is 1. The Balaban J connectivity index is 0.00000784. The molecule has 3 N–H and O–H groups in total. The van der Waals surface area contributed by atoms with E-state index in [0.29, 0.717) is 43.6 Å². The molecule has 1 amide bonds. The Labute approximate surface area is 191 Å². The summed E-state index contributed by atoms with van der Waals surface area (Å²) in [6, 6.07) is 5.62. The van der Waals surface area contributed by atoms with Gasteiger partial charge in [-0.25, -0.2) is 4.79 Å². The summed E-state index contributed by atoms with van der Waals surface area (Å²) in [7, 11) is 1.61. The van der Waals surface area contributed by atoms with Gasteiger partial charge in [-0.2, -0.15) is 0 Å². The van der Waals surface area contributed by atoms with E-state index in [9.17, 15) is 4.79 Å². The third-order valence-electron chi connectivity index (χ3n) is 3.34. The number of hydrogen-bond donors (Lipinski definition) is 3. The van der Waals surface area contributed by atoms with Crippen molar-refractivity contribution in [3.63, 3.8) is 0 Å². The Morgan fingerprint density at radius 2 is 1.86 bits per heavy atom. The molecule has 0 saturated heterocycles. The fraction of sp³-hybridized carbons (Fsp3) is 0.600. The van der Waals surface area contributed by atoms with Crippen molar-refractivity contribution in [1.29, 1.82) is 0 Å². The van der Waals surface area contributed by atoms with E-state index in [-0.39, 0.29) is 24.0 Å². The normalized spacial score (nSPS) is 11.2. The number of methoxy groups -OCH3 is 1. The molecule has 0 unspecified atom stereocenters. The van der Waals surface area contributed by atoms with E-state index in [2.05, 4.69) is 20.9 Å². The number of ether oxygens (including phenoxy) is 3. The number of anilines is 1. The Kier molecular flexibility index (Phi) is 13.2. The molecule has 29 heavy (non-hydrogen) atoms. The molecule has 0 heterocycles. The number of nitrogens with one attached hydrogen (secondary N) is 3. The van der Waals surface area contributed by atoms with Crippen molar-refractivity contribution < 1.29 is 19.0 Å². The van der Waals surface area contributed by atoms with Crippen molar-refractivity contribution in [3.8, 4) is 11.5 Å². The molecular weight excluding hydrogens is 487 g/mol. The average Bonchev–Trinajstić information content (AvgIpc) is 2.60. The second kappa shape index (κ2) is 14.1. The van der Waals surface area contributed by atoms with Gasteiger partial charge in [0.15, 0.2) is 17.5 Å². The van der Waals surface area contributed by atoms with Crippen molar-refractivity contribution in [1.82, 2.24) is 10.6 Å². The highest BCUT2D eigenvalue weighted by molar-refractivity contribution is 14.0. The van der Waals surface area contributed by atoms with Gasteiger partial charge in [-0.3, -0.25) is 4.99 Å². The number of alkyl carbamates (subject to hydrolysis) is 1. The number of carbonyl (C=O) groups excluding carboxylic acids is 1. The van der Waals surface area contributed by atoms with Crippen LogP contribution in [-0.2, 0) is 4.74 Å². The molecule has 1 aromatic carbocycles. The number of carbonyl (C=O) groups is 1. The zero-order chi connectivity index (χ0) is 21.0. The monoisotopic (exact) mass is 522 g/mol. The molecule has 0 spiro atoms. The quantitative estimate of drug-likeness (QED) is 0.197. The number of aliphatic imine (C=N–C) groups is 1. The van der Waals surface area contributed by atoms with E-state index >= 15 is 0 Å². The molecule has 0 atom stereocenters. The number of rotatable bonds is 9. The minimum absolute atomic E-state index is 0. The molecule has 0 aliphatic heterocycles. The predicted octanol–water partition coefficient (Wildman–Crippen LogP) is 4.00. The molecular formula is C20H35IN4O4. The highest BCUT2D eigenvalue weighted by Gasteiger charge is 2.15. The minimum Gasteiger partial charge on any atom is -0.493 e. The third kappa shape index (κ3) is 11.6. The molecule has 0 bridgehead atoms. The lowest BCUT2D eigenvalue weighted by Gasteiger charge is -2.19. The van der Waals surface area contributed by atoms with E-state index in [1.165, 1.54) is 0 Å². The zero-order valence-corrected chi connectivity index (χ0v) is 20.6. The molecule has 0 fully saturated rings. The number of guanidine groups is 1. The van der Waals surface area contributed by atoms with Gasteiger partial charge in [-0.1, -0.05) is 0 Å². The fourth-order valence-corrected chi connectivity index (χ4v) is 2.24. The number of hydrogen-bond acceptors (Lipinski definition) is 5. The predicted molar refractivity (Wildman–Crippen MR) is 128 cm³/mol. The summed E-state index contributed by atoms with van der Waals surface area (Å²) in [5.74, 6) is 2.02. The average molecular weight is 522 g/mol. The molecule has 166 valence electrons. The highest BCUT2D eigenvalue weighted by Crippen LogP contribution is 2.30. The smallest absolute Gasteiger partial charge is 0.407 e. The second-order valence-electron chi connectivity index (χ2n) is 6.97. The molecule has 0 radical (unpaired) electrons. The lowest BCUT2D eigenvalue weighted by atomic mass is 10.2. The zero-order valence-electron chi connectivity index (χ0n) is 18.3. The van der Waals surface area contributed by atoms with Crippen LogP contribution in [0.1, 0.15) is 41.0 Å². The van der Waals surface area contributed by atoms with Crippen LogP contribution in [0.15, 0.2) is 23.2 Å². The van der Waals surface area contributed by atoms with Crippen LogP contribution < -0.4 is 25.4 Å². The van der Waals surface area contributed by atoms with Crippen molar-refractivity contribution >= 4 is 41.7 Å². The van der Waals surface area contributed by atoms with Crippen molar-refractivity contribution in [3.05, 3.63) is 18.2 Å². The summed E-state index contributed by atoms with van der Waals surface area (Å²) < 4.78 is 16.1. The molecule has 0 aliphatic carbocycles. The molecule has 0 aliphatic rings. The van der Waals surface area contributed by atoms with Crippen LogP contribution >= 0.6 is 24.0 Å². The van der Waals surface area contributed by atoms with Crippen LogP contribution in [0.3, 0.4) is 0 Å². The molecule has 1 rings (SSSR count). The van der Waals surface area contributed by atoms with Gasteiger partial charge < -0.3 is 30.2 Å². The summed E-state index contributed by atoms with van der Waals surface area (Å²) in [4.78, 5) is 16.1. The first-order valence-electron chi connectivity index (χ1n) is 9.62. The van der Waals surface area contributed by atoms with Crippen LogP contribution in [0, 0.1) is 0 Å². The number of amides is 1. The van der Waals surface area contributed by atoms with Crippen LogP contribution in [0.25, 0.3) is 0 Å². The Morgan fingerprint density at radius 3 is 2.45 bits per heavy atom. The largest absolute Gasteiger partial charge is 0.493 e. The van der Waals surface area contributed by atoms with Gasteiger partial charge in [0.25, 0.3) is 0 Å². The van der Waals surface area contributed by atoms with Crippen LogP contribution in [-0.4, -0.2) is 51.0 Å². The standard InChI is InChI=1S/C20H34N4O4.HI/c1-7-21-18(22-12-9-13-23-19(25)28-20(3,4)5)24-15-10-11-16(26-6)17(14-15)27-8-2;/h10-11,14H,7-9,12-13H2,1-6H3,(H,23,25)(H2,21,22,24);1H. The fourth-order valence-electron chi connectivity index (χ4n) is 2.24. The summed E-state index contributed by atoms with van der Waals surface area (Å²) in [5.41, 5.74) is 0.346. The van der Waals surface area contributed by atoms with E-state index in [0.717, 1.165) is 12.2 Å². The Morgan fingerprint density at radius 1 is 1.14 bits per heavy atom. The third-order valence-corrected chi connectivity index (χ3v) is 3.34. The molecule has 0 aromatic heterocycles. The molecule has 8 nitrogen and oxygen atoms in total. The summed E-state index contributed by atoms with van der Waals surface area (Å²) in [5, 5.41) is 9.18. The van der Waals surface area contributed by atoms with Crippen molar-refractivity contribution in [2.45, 2.75) is 46.6 Å². The summed E-state index contributed by atoms with van der Waals surface area (Å²) in [6.45, 7) is 11.8. The maximum Gasteiger partial charge on any atom is 0.407 e. The first kappa shape index (κ1) is 27.1. The number of halogens is 1. The Bertz CT molecular complexity index is 648. The van der Waals surface area contributed by atoms with E-state index in [4.69, 9.17) is 14.2 Å². The van der Waals surface area contributed by atoms with Gasteiger partial charge in [-0.15, -0.1) is 24.0 Å². The van der Waals surface area contributed by atoms with E-state index in [1.54, 1.807) is 7.11 Å². The SMILES string of the molecule is CCNC(=NCCCNC(=O)OC(C)(C)C)Nc1ccc(OC)c(OCC)c1.I. The Hall–Kier alpha value is -1.91. The van der Waals surface area contributed by atoms with Gasteiger partial charge in [0.05, 0.1) is 13.7 Å². The van der Waals surface area contributed by atoms with Crippen molar-refractivity contribution in [2.24, 2.45) is 4.99 Å². The van der Waals surface area contributed by atoms with Gasteiger partial charge in [-0.05, 0) is 53.2 Å². The van der Waals surface area contributed by atoms with Crippen LogP contribution in [0.4, 0.5) is 10.5 Å². The van der Waals surface area contributed by atoms with Gasteiger partial charge in [0.2, 0.25) is 0 Å². The molecule has 9 heteroatoms. The van der Waals surface area contributed by atoms with Gasteiger partial charge >= 0.3 is 6.09 Å². The van der Waals surface area contributed by atoms with Crippen LogP contribution in [0.2, 0.25) is 0 Å². The summed E-state index contributed by atoms with van der Waals surface area (Å²) in [6.07, 6.45) is 0.283.